The minimum Gasteiger partial charge on any atom is -0.299 e. The van der Waals surface area contributed by atoms with Crippen molar-refractivity contribution >= 4 is 34.8 Å². The van der Waals surface area contributed by atoms with E-state index < -0.39 is 3.79 Å². The van der Waals surface area contributed by atoms with Crippen molar-refractivity contribution in [1.82, 2.24) is 0 Å². The van der Waals surface area contributed by atoms with Gasteiger partial charge in [-0.1, -0.05) is 34.8 Å². The van der Waals surface area contributed by atoms with Gasteiger partial charge in [0.1, 0.15) is 6.26 Å². The molecule has 0 aromatic heterocycles. The lowest BCUT2D eigenvalue weighted by atomic mass is 10.7. The van der Waals surface area contributed by atoms with Gasteiger partial charge in [0.05, 0.1) is 0 Å². The minimum atomic E-state index is -1.53. The molecule has 0 aliphatic heterocycles. The first kappa shape index (κ1) is 7.41. The summed E-state index contributed by atoms with van der Waals surface area (Å²) in [6, 6.07) is 0. The molecule has 0 aromatic rings. The molecule has 0 N–H and O–H groups in total. The van der Waals surface area contributed by atoms with Crippen LogP contribution in [0, 0.1) is 0 Å². The minimum absolute atomic E-state index is 0.438. The van der Waals surface area contributed by atoms with Crippen LogP contribution in [0.1, 0.15) is 0 Å². The van der Waals surface area contributed by atoms with E-state index in [2.05, 4.69) is 0 Å². The van der Waals surface area contributed by atoms with Crippen LogP contribution in [0.5, 0.6) is 0 Å². The van der Waals surface area contributed by atoms with Gasteiger partial charge in [-0.3, -0.25) is 5.11 Å². The highest BCUT2D eigenvalue weighted by molar-refractivity contribution is 6.68. The lowest BCUT2D eigenvalue weighted by Crippen LogP contribution is -1.92. The predicted octanol–water partition coefficient (Wildman–Crippen LogP) is 2.30. The Morgan fingerprint density at radius 2 is 1.71 bits per heavy atom. The van der Waals surface area contributed by atoms with Gasteiger partial charge in [-0.05, 0) is 0 Å². The second kappa shape index (κ2) is 2.65. The molecule has 0 aromatic carbocycles. The Hall–Kier alpha value is 0.410. The number of rotatable bonds is 0. The number of allylic oxidation sites excluding steroid dienone is 1. The van der Waals surface area contributed by atoms with Gasteiger partial charge in [0.2, 0.25) is 3.79 Å². The highest BCUT2D eigenvalue weighted by Crippen LogP contribution is 2.26. The van der Waals surface area contributed by atoms with E-state index in [0.717, 1.165) is 6.08 Å². The Labute approximate surface area is 56.5 Å². The van der Waals surface area contributed by atoms with Gasteiger partial charge >= 0.3 is 0 Å². The molecule has 0 unspecified atom stereocenters. The fraction of sp³-hybridized carbons (Fsp3) is 0.333. The smallest absolute Gasteiger partial charge is 0.212 e. The number of hydrogen-bond acceptors (Lipinski definition) is 0. The monoisotopic (exact) mass is 159 g/mol. The van der Waals surface area contributed by atoms with Crippen molar-refractivity contribution in [2.75, 3.05) is 0 Å². The van der Waals surface area contributed by atoms with E-state index in [4.69, 9.17) is 34.8 Å². The van der Waals surface area contributed by atoms with Crippen molar-refractivity contribution in [3.8, 4) is 0 Å². The summed E-state index contributed by atoms with van der Waals surface area (Å²) in [5.74, 6) is 0. The molecule has 0 aliphatic rings. The van der Waals surface area contributed by atoms with E-state index >= 15 is 0 Å². The quantitative estimate of drug-likeness (QED) is 0.383. The molecule has 0 heterocycles. The van der Waals surface area contributed by atoms with Crippen molar-refractivity contribution < 1.29 is 5.11 Å². The van der Waals surface area contributed by atoms with Crippen LogP contribution in [0.2, 0.25) is 0 Å². The standard InChI is InChI=1S/C3H2Cl3O/c4-3(5,6)1-2-7/h1-2H. The third-order valence-electron chi connectivity index (χ3n) is 0.257. The molecule has 4 heteroatoms. The molecule has 0 saturated heterocycles. The second-order valence-electron chi connectivity index (χ2n) is 0.844. The molecule has 0 aliphatic carbocycles. The van der Waals surface area contributed by atoms with Gasteiger partial charge in [-0.2, -0.15) is 0 Å². The van der Waals surface area contributed by atoms with Gasteiger partial charge in [-0.25, -0.2) is 0 Å². The number of halogens is 3. The summed E-state index contributed by atoms with van der Waals surface area (Å²) in [7, 11) is 0. The lowest BCUT2D eigenvalue weighted by molar-refractivity contribution is 0.350. The van der Waals surface area contributed by atoms with Crippen LogP contribution in [0.4, 0.5) is 0 Å². The van der Waals surface area contributed by atoms with Crippen LogP contribution in [0.15, 0.2) is 12.3 Å². The SMILES string of the molecule is [O]C=CC(Cl)(Cl)Cl. The molecule has 0 amide bonds. The summed E-state index contributed by atoms with van der Waals surface area (Å²) >= 11 is 15.2. The van der Waals surface area contributed by atoms with Gasteiger partial charge in [0.15, 0.2) is 0 Å². The molecular weight excluding hydrogens is 158 g/mol. The Balaban J connectivity index is 3.56. The molecule has 0 spiro atoms. The van der Waals surface area contributed by atoms with E-state index in [1.54, 1.807) is 0 Å². The van der Waals surface area contributed by atoms with E-state index in [1.807, 2.05) is 0 Å². The first-order valence-electron chi connectivity index (χ1n) is 1.42. The largest absolute Gasteiger partial charge is 0.299 e. The summed E-state index contributed by atoms with van der Waals surface area (Å²) in [6.45, 7) is 0. The molecule has 1 radical (unpaired) electrons. The zero-order chi connectivity index (χ0) is 5.91. The molecule has 0 saturated carbocycles. The van der Waals surface area contributed by atoms with E-state index in [-0.39, 0.29) is 0 Å². The molecule has 0 atom stereocenters. The van der Waals surface area contributed by atoms with Crippen LogP contribution in [-0.4, -0.2) is 3.79 Å². The van der Waals surface area contributed by atoms with Crippen LogP contribution >= 0.6 is 34.8 Å². The van der Waals surface area contributed by atoms with Crippen molar-refractivity contribution in [3.05, 3.63) is 12.3 Å². The normalized spacial score (nSPS) is 13.0. The maximum Gasteiger partial charge on any atom is 0.212 e. The van der Waals surface area contributed by atoms with Crippen molar-refractivity contribution in [3.63, 3.8) is 0 Å². The fourth-order valence-electron chi connectivity index (χ4n) is 0.0772. The molecule has 0 bridgehead atoms. The molecule has 0 fully saturated rings. The highest BCUT2D eigenvalue weighted by Gasteiger charge is 2.13. The highest BCUT2D eigenvalue weighted by atomic mass is 35.6. The summed E-state index contributed by atoms with van der Waals surface area (Å²) < 4.78 is -1.53. The zero-order valence-corrected chi connectivity index (χ0v) is 5.46. The molecular formula is C3H2Cl3O. The van der Waals surface area contributed by atoms with Gasteiger partial charge in [0, 0.05) is 6.08 Å². The first-order valence-corrected chi connectivity index (χ1v) is 2.56. The average molecular weight is 160 g/mol. The summed E-state index contributed by atoms with van der Waals surface area (Å²) in [4.78, 5) is 0. The van der Waals surface area contributed by atoms with Crippen molar-refractivity contribution in [2.24, 2.45) is 0 Å². The van der Waals surface area contributed by atoms with Crippen LogP contribution in [0.3, 0.4) is 0 Å². The molecule has 7 heavy (non-hydrogen) atoms. The maximum atomic E-state index is 9.51. The molecule has 1 nitrogen and oxygen atoms in total. The average Bonchev–Trinajstić information content (AvgIpc) is 1.30. The van der Waals surface area contributed by atoms with Crippen LogP contribution < -0.4 is 0 Å². The molecule has 41 valence electrons. The van der Waals surface area contributed by atoms with Gasteiger partial charge in [0.25, 0.3) is 0 Å². The Bertz CT molecular complexity index is 72.7. The third kappa shape index (κ3) is 6.41. The summed E-state index contributed by atoms with van der Waals surface area (Å²) in [6.07, 6.45) is 1.37. The topological polar surface area (TPSA) is 19.9 Å². The Kier molecular flexibility index (Phi) is 2.81. The molecule has 0 rings (SSSR count). The van der Waals surface area contributed by atoms with E-state index in [0.29, 0.717) is 6.26 Å². The maximum absolute atomic E-state index is 9.51. The predicted molar refractivity (Wildman–Crippen MR) is 30.1 cm³/mol. The third-order valence-corrected chi connectivity index (χ3v) is 0.635. The summed E-state index contributed by atoms with van der Waals surface area (Å²) in [5, 5.41) is 9.51. The van der Waals surface area contributed by atoms with E-state index in [1.165, 1.54) is 0 Å². The first-order chi connectivity index (χ1) is 3.06. The Morgan fingerprint density at radius 1 is 1.29 bits per heavy atom. The van der Waals surface area contributed by atoms with Gasteiger partial charge in [-0.15, -0.1) is 0 Å². The van der Waals surface area contributed by atoms with E-state index in [9.17, 15) is 5.11 Å². The van der Waals surface area contributed by atoms with Crippen molar-refractivity contribution in [2.45, 2.75) is 3.79 Å². The fourth-order valence-corrected chi connectivity index (χ4v) is 0.231. The number of alkyl halides is 3. The summed E-state index contributed by atoms with van der Waals surface area (Å²) in [5.41, 5.74) is 0. The Morgan fingerprint density at radius 3 is 1.71 bits per heavy atom. The lowest BCUT2D eigenvalue weighted by Gasteiger charge is -1.97. The second-order valence-corrected chi connectivity index (χ2v) is 3.21. The zero-order valence-electron chi connectivity index (χ0n) is 3.20. The van der Waals surface area contributed by atoms with Gasteiger partial charge < -0.3 is 0 Å². The van der Waals surface area contributed by atoms with Crippen molar-refractivity contribution in [1.29, 1.82) is 0 Å². The van der Waals surface area contributed by atoms with Crippen LogP contribution in [0.25, 0.3) is 0 Å². The van der Waals surface area contributed by atoms with Crippen LogP contribution in [-0.2, 0) is 5.11 Å². The number of hydrogen-bond donors (Lipinski definition) is 0.